The van der Waals surface area contributed by atoms with Gasteiger partial charge in [-0.25, -0.2) is 0 Å². The number of nitrogens with zero attached hydrogens (tertiary/aromatic N) is 2. The molecule has 2 aromatic rings. The number of aryl methyl sites for hydroxylation is 1. The summed E-state index contributed by atoms with van der Waals surface area (Å²) in [4.78, 5) is 25.8. The Kier molecular flexibility index (Phi) is 5.51. The quantitative estimate of drug-likeness (QED) is 0.638. The zero-order valence-electron chi connectivity index (χ0n) is 14.9. The van der Waals surface area contributed by atoms with Crippen LogP contribution in [0, 0.1) is 10.1 Å². The Morgan fingerprint density at radius 3 is 2.58 bits per heavy atom. The van der Waals surface area contributed by atoms with Crippen molar-refractivity contribution in [2.75, 3.05) is 23.3 Å². The van der Waals surface area contributed by atoms with E-state index in [2.05, 4.69) is 5.32 Å². The van der Waals surface area contributed by atoms with Crippen molar-refractivity contribution < 1.29 is 9.72 Å². The molecule has 1 aliphatic heterocycles. The van der Waals surface area contributed by atoms with Gasteiger partial charge >= 0.3 is 0 Å². The molecule has 1 amide bonds. The van der Waals surface area contributed by atoms with E-state index in [1.54, 1.807) is 12.1 Å². The first kappa shape index (κ1) is 17.9. The molecule has 2 aromatic carbocycles. The SMILES string of the molecule is CCc1ccccc1NC(=O)c1ccc(N2CCCCC2)c([N+](=O)[O-])c1. The minimum absolute atomic E-state index is 0.0108. The van der Waals surface area contributed by atoms with Gasteiger partial charge in [-0.3, -0.25) is 14.9 Å². The number of nitrogens with one attached hydrogen (secondary N) is 1. The van der Waals surface area contributed by atoms with Crippen molar-refractivity contribution in [3.8, 4) is 0 Å². The number of carbonyl (C=O) groups excluding carboxylic acids is 1. The molecule has 3 rings (SSSR count). The lowest BCUT2D eigenvalue weighted by molar-refractivity contribution is -0.384. The normalized spacial score (nSPS) is 14.1. The van der Waals surface area contributed by atoms with E-state index >= 15 is 0 Å². The molecule has 6 nitrogen and oxygen atoms in total. The Labute approximate surface area is 153 Å². The summed E-state index contributed by atoms with van der Waals surface area (Å²) in [6, 6.07) is 12.3. The van der Waals surface area contributed by atoms with E-state index < -0.39 is 4.92 Å². The summed E-state index contributed by atoms with van der Waals surface area (Å²) in [6.07, 6.45) is 4.02. The lowest BCUT2D eigenvalue weighted by atomic mass is 10.1. The lowest BCUT2D eigenvalue weighted by Crippen LogP contribution is -2.30. The van der Waals surface area contributed by atoms with Crippen molar-refractivity contribution in [2.45, 2.75) is 32.6 Å². The Morgan fingerprint density at radius 2 is 1.88 bits per heavy atom. The second kappa shape index (κ2) is 7.99. The van der Waals surface area contributed by atoms with Crippen LogP contribution in [0.3, 0.4) is 0 Å². The highest BCUT2D eigenvalue weighted by Crippen LogP contribution is 2.31. The molecule has 1 heterocycles. The third-order valence-electron chi connectivity index (χ3n) is 4.78. The lowest BCUT2D eigenvalue weighted by Gasteiger charge is -2.28. The molecule has 6 heteroatoms. The molecule has 1 saturated heterocycles. The first-order valence-corrected chi connectivity index (χ1v) is 9.02. The van der Waals surface area contributed by atoms with Gasteiger partial charge in [0.1, 0.15) is 5.69 Å². The van der Waals surface area contributed by atoms with E-state index in [1.165, 1.54) is 6.07 Å². The molecule has 136 valence electrons. The zero-order valence-corrected chi connectivity index (χ0v) is 14.9. The van der Waals surface area contributed by atoms with Crippen LogP contribution in [-0.4, -0.2) is 23.9 Å². The van der Waals surface area contributed by atoms with Crippen LogP contribution in [0.25, 0.3) is 0 Å². The van der Waals surface area contributed by atoms with Crippen molar-refractivity contribution in [3.63, 3.8) is 0 Å². The van der Waals surface area contributed by atoms with E-state index in [1.807, 2.05) is 36.1 Å². The molecular weight excluding hydrogens is 330 g/mol. The largest absolute Gasteiger partial charge is 0.366 e. The molecule has 0 aliphatic carbocycles. The summed E-state index contributed by atoms with van der Waals surface area (Å²) in [5.74, 6) is -0.334. The number of nitro benzene ring substituents is 1. The minimum atomic E-state index is -0.402. The molecule has 0 saturated carbocycles. The topological polar surface area (TPSA) is 75.5 Å². The van der Waals surface area contributed by atoms with Crippen molar-refractivity contribution in [1.29, 1.82) is 0 Å². The summed E-state index contributed by atoms with van der Waals surface area (Å²) in [5, 5.41) is 14.4. The van der Waals surface area contributed by atoms with Gasteiger partial charge in [0.2, 0.25) is 0 Å². The van der Waals surface area contributed by atoms with Crippen LogP contribution < -0.4 is 10.2 Å². The number of nitro groups is 1. The monoisotopic (exact) mass is 353 g/mol. The summed E-state index contributed by atoms with van der Waals surface area (Å²) in [6.45, 7) is 3.65. The first-order valence-electron chi connectivity index (χ1n) is 9.02. The summed E-state index contributed by atoms with van der Waals surface area (Å²) >= 11 is 0. The average Bonchev–Trinajstić information content (AvgIpc) is 2.68. The van der Waals surface area contributed by atoms with Gasteiger partial charge in [0.05, 0.1) is 4.92 Å². The highest BCUT2D eigenvalue weighted by atomic mass is 16.6. The number of amides is 1. The van der Waals surface area contributed by atoms with E-state index in [9.17, 15) is 14.9 Å². The minimum Gasteiger partial charge on any atom is -0.366 e. The zero-order chi connectivity index (χ0) is 18.5. The van der Waals surface area contributed by atoms with Crippen LogP contribution in [0.1, 0.15) is 42.1 Å². The molecule has 1 fully saturated rings. The Bertz CT molecular complexity index is 814. The van der Waals surface area contributed by atoms with Crippen molar-refractivity contribution in [2.24, 2.45) is 0 Å². The maximum Gasteiger partial charge on any atom is 0.293 e. The number of piperidine rings is 1. The fraction of sp³-hybridized carbons (Fsp3) is 0.350. The van der Waals surface area contributed by atoms with Crippen LogP contribution in [0.15, 0.2) is 42.5 Å². The number of rotatable bonds is 5. The summed E-state index contributed by atoms with van der Waals surface area (Å²) < 4.78 is 0. The van der Waals surface area contributed by atoms with Gasteiger partial charge in [-0.1, -0.05) is 25.1 Å². The fourth-order valence-electron chi connectivity index (χ4n) is 3.36. The molecule has 0 unspecified atom stereocenters. The maximum absolute atomic E-state index is 12.6. The molecule has 0 spiro atoms. The van der Waals surface area contributed by atoms with E-state index in [0.29, 0.717) is 11.3 Å². The number of benzene rings is 2. The van der Waals surface area contributed by atoms with Gasteiger partial charge < -0.3 is 10.2 Å². The standard InChI is InChI=1S/C20H23N3O3/c1-2-15-8-4-5-9-17(15)21-20(24)16-10-11-18(19(14-16)23(25)26)22-12-6-3-7-13-22/h4-5,8-11,14H,2-3,6-7,12-13H2,1H3,(H,21,24). The highest BCUT2D eigenvalue weighted by molar-refractivity contribution is 6.05. The van der Waals surface area contributed by atoms with Crippen molar-refractivity contribution >= 4 is 23.0 Å². The third-order valence-corrected chi connectivity index (χ3v) is 4.78. The smallest absolute Gasteiger partial charge is 0.293 e. The second-order valence-electron chi connectivity index (χ2n) is 6.47. The van der Waals surface area contributed by atoms with E-state index in [4.69, 9.17) is 0 Å². The first-order chi connectivity index (χ1) is 12.6. The molecule has 0 radical (unpaired) electrons. The average molecular weight is 353 g/mol. The Morgan fingerprint density at radius 1 is 1.15 bits per heavy atom. The molecule has 0 bridgehead atoms. The van der Waals surface area contributed by atoms with Crippen LogP contribution in [0.4, 0.5) is 17.1 Å². The summed E-state index contributed by atoms with van der Waals surface area (Å²) in [5.41, 5.74) is 2.65. The molecule has 0 aromatic heterocycles. The molecule has 1 aliphatic rings. The molecular formula is C20H23N3O3. The van der Waals surface area contributed by atoms with Crippen LogP contribution >= 0.6 is 0 Å². The van der Waals surface area contributed by atoms with Crippen molar-refractivity contribution in [3.05, 3.63) is 63.7 Å². The second-order valence-corrected chi connectivity index (χ2v) is 6.47. The van der Waals surface area contributed by atoms with Crippen LogP contribution in [0.5, 0.6) is 0 Å². The fourth-order valence-corrected chi connectivity index (χ4v) is 3.36. The Balaban J connectivity index is 1.87. The summed E-state index contributed by atoms with van der Waals surface area (Å²) in [7, 11) is 0. The Hall–Kier alpha value is -2.89. The maximum atomic E-state index is 12.6. The number of carbonyl (C=O) groups is 1. The van der Waals surface area contributed by atoms with Gasteiger partial charge in [0.25, 0.3) is 11.6 Å². The van der Waals surface area contributed by atoms with Gasteiger partial charge in [-0.05, 0) is 49.4 Å². The number of hydrogen-bond acceptors (Lipinski definition) is 4. The van der Waals surface area contributed by atoms with Gasteiger partial charge in [0, 0.05) is 30.4 Å². The van der Waals surface area contributed by atoms with Crippen LogP contribution in [0.2, 0.25) is 0 Å². The highest BCUT2D eigenvalue weighted by Gasteiger charge is 2.23. The number of anilines is 2. The predicted octanol–water partition coefficient (Wildman–Crippen LogP) is 4.40. The van der Waals surface area contributed by atoms with E-state index in [-0.39, 0.29) is 11.6 Å². The number of para-hydroxylation sites is 1. The van der Waals surface area contributed by atoms with Crippen molar-refractivity contribution in [1.82, 2.24) is 0 Å². The number of hydrogen-bond donors (Lipinski definition) is 1. The molecule has 0 atom stereocenters. The van der Waals surface area contributed by atoms with Gasteiger partial charge in [0.15, 0.2) is 0 Å². The van der Waals surface area contributed by atoms with Crippen LogP contribution in [-0.2, 0) is 6.42 Å². The van der Waals surface area contributed by atoms with Gasteiger partial charge in [-0.2, -0.15) is 0 Å². The molecule has 1 N–H and O–H groups in total. The van der Waals surface area contributed by atoms with Gasteiger partial charge in [-0.15, -0.1) is 0 Å². The molecule has 26 heavy (non-hydrogen) atoms. The third kappa shape index (κ3) is 3.85. The van der Waals surface area contributed by atoms with E-state index in [0.717, 1.165) is 50.0 Å². The predicted molar refractivity (Wildman–Crippen MR) is 103 cm³/mol.